The van der Waals surface area contributed by atoms with Crippen LogP contribution in [0.5, 0.6) is 0 Å². The summed E-state index contributed by atoms with van der Waals surface area (Å²) in [5, 5.41) is 11.4. The molecule has 24 heavy (non-hydrogen) atoms. The first kappa shape index (κ1) is 18.3. The Morgan fingerprint density at radius 3 is 2.88 bits per heavy atom. The number of guanidine groups is 1. The van der Waals surface area contributed by atoms with Gasteiger partial charge in [0, 0.05) is 58.8 Å². The standard InChI is InChI=1S/C17H30N6O/c1-12(2)23-11-13-6-7-14(10-15(13)21-23)20-17(18-3)19-9-8-16(24)22(4)5/h11-12,14H,6-10H2,1-5H3,(H2,18,19,20). The van der Waals surface area contributed by atoms with Gasteiger partial charge in [0.2, 0.25) is 5.91 Å². The smallest absolute Gasteiger partial charge is 0.223 e. The van der Waals surface area contributed by atoms with Crippen molar-refractivity contribution in [1.29, 1.82) is 0 Å². The lowest BCUT2D eigenvalue weighted by atomic mass is 9.94. The minimum absolute atomic E-state index is 0.111. The van der Waals surface area contributed by atoms with Crippen LogP contribution in [-0.2, 0) is 17.6 Å². The third kappa shape index (κ3) is 4.72. The SMILES string of the molecule is CN=C(NCCC(=O)N(C)C)NC1CCc2cn(C(C)C)nc2C1. The number of fused-ring (bicyclic) bond motifs is 1. The number of aliphatic imine (C=N–C) groups is 1. The minimum atomic E-state index is 0.111. The van der Waals surface area contributed by atoms with Crippen LogP contribution in [-0.4, -0.2) is 60.3 Å². The highest BCUT2D eigenvalue weighted by molar-refractivity contribution is 5.81. The normalized spacial score (nSPS) is 17.6. The first-order valence-corrected chi connectivity index (χ1v) is 8.65. The van der Waals surface area contributed by atoms with E-state index in [9.17, 15) is 4.79 Å². The molecule has 1 unspecified atom stereocenters. The van der Waals surface area contributed by atoms with Crippen molar-refractivity contribution >= 4 is 11.9 Å². The Bertz CT molecular complexity index is 590. The molecule has 1 heterocycles. The second kappa shape index (κ2) is 8.17. The third-order valence-corrected chi connectivity index (χ3v) is 4.32. The molecule has 7 nitrogen and oxygen atoms in total. The lowest BCUT2D eigenvalue weighted by Crippen LogP contribution is -2.46. The van der Waals surface area contributed by atoms with Crippen LogP contribution < -0.4 is 10.6 Å². The quantitative estimate of drug-likeness (QED) is 0.621. The molecule has 1 atom stereocenters. The lowest BCUT2D eigenvalue weighted by Gasteiger charge is -2.24. The summed E-state index contributed by atoms with van der Waals surface area (Å²) >= 11 is 0. The summed E-state index contributed by atoms with van der Waals surface area (Å²) in [6.07, 6.45) is 5.65. The predicted molar refractivity (Wildman–Crippen MR) is 96.2 cm³/mol. The number of hydrogen-bond donors (Lipinski definition) is 2. The van der Waals surface area contributed by atoms with Crippen molar-refractivity contribution in [2.75, 3.05) is 27.7 Å². The van der Waals surface area contributed by atoms with E-state index in [2.05, 4.69) is 35.7 Å². The average molecular weight is 334 g/mol. The molecule has 0 fully saturated rings. The molecule has 0 saturated carbocycles. The van der Waals surface area contributed by atoms with Gasteiger partial charge in [-0.05, 0) is 32.3 Å². The van der Waals surface area contributed by atoms with Gasteiger partial charge in [-0.2, -0.15) is 5.10 Å². The Labute approximate surface area is 144 Å². The Morgan fingerprint density at radius 1 is 1.50 bits per heavy atom. The van der Waals surface area contributed by atoms with E-state index in [1.807, 2.05) is 4.68 Å². The van der Waals surface area contributed by atoms with Crippen molar-refractivity contribution in [3.8, 4) is 0 Å². The fourth-order valence-electron chi connectivity index (χ4n) is 2.80. The number of amides is 1. The largest absolute Gasteiger partial charge is 0.356 e. The zero-order chi connectivity index (χ0) is 17.7. The van der Waals surface area contributed by atoms with Gasteiger partial charge in [-0.1, -0.05) is 0 Å². The molecule has 1 amide bonds. The van der Waals surface area contributed by atoms with E-state index in [-0.39, 0.29) is 5.91 Å². The highest BCUT2D eigenvalue weighted by Crippen LogP contribution is 2.21. The fraction of sp³-hybridized carbons (Fsp3) is 0.706. The van der Waals surface area contributed by atoms with Crippen LogP contribution >= 0.6 is 0 Å². The van der Waals surface area contributed by atoms with Crippen LogP contribution in [0.3, 0.4) is 0 Å². The van der Waals surface area contributed by atoms with Crippen LogP contribution in [0.4, 0.5) is 0 Å². The molecule has 0 saturated heterocycles. The molecule has 1 aromatic rings. The van der Waals surface area contributed by atoms with Gasteiger partial charge in [0.15, 0.2) is 5.96 Å². The van der Waals surface area contributed by atoms with Gasteiger partial charge in [0.25, 0.3) is 0 Å². The van der Waals surface area contributed by atoms with E-state index in [1.54, 1.807) is 26.0 Å². The van der Waals surface area contributed by atoms with Crippen molar-refractivity contribution in [3.05, 3.63) is 17.5 Å². The van der Waals surface area contributed by atoms with E-state index in [4.69, 9.17) is 5.10 Å². The topological polar surface area (TPSA) is 74.6 Å². The molecule has 0 bridgehead atoms. The maximum Gasteiger partial charge on any atom is 0.223 e. The number of carbonyl (C=O) groups is 1. The van der Waals surface area contributed by atoms with Gasteiger partial charge < -0.3 is 15.5 Å². The van der Waals surface area contributed by atoms with E-state index >= 15 is 0 Å². The highest BCUT2D eigenvalue weighted by Gasteiger charge is 2.23. The van der Waals surface area contributed by atoms with Crippen molar-refractivity contribution in [2.24, 2.45) is 4.99 Å². The molecule has 2 N–H and O–H groups in total. The predicted octanol–water partition coefficient (Wildman–Crippen LogP) is 0.965. The van der Waals surface area contributed by atoms with Gasteiger partial charge in [0.1, 0.15) is 0 Å². The van der Waals surface area contributed by atoms with Crippen molar-refractivity contribution < 1.29 is 4.79 Å². The molecule has 1 aliphatic rings. The highest BCUT2D eigenvalue weighted by atomic mass is 16.2. The summed E-state index contributed by atoms with van der Waals surface area (Å²) in [7, 11) is 5.29. The molecule has 0 aliphatic heterocycles. The molecule has 0 aromatic carbocycles. The molecular formula is C17H30N6O. The number of rotatable bonds is 5. The zero-order valence-electron chi connectivity index (χ0n) is 15.5. The molecule has 134 valence electrons. The van der Waals surface area contributed by atoms with Gasteiger partial charge in [-0.3, -0.25) is 14.5 Å². The van der Waals surface area contributed by atoms with Gasteiger partial charge in [-0.15, -0.1) is 0 Å². The second-order valence-electron chi connectivity index (χ2n) is 6.80. The number of carbonyl (C=O) groups excluding carboxylic acids is 1. The fourth-order valence-corrected chi connectivity index (χ4v) is 2.80. The second-order valence-corrected chi connectivity index (χ2v) is 6.80. The van der Waals surface area contributed by atoms with Crippen LogP contribution in [0.2, 0.25) is 0 Å². The first-order valence-electron chi connectivity index (χ1n) is 8.65. The van der Waals surface area contributed by atoms with E-state index in [0.717, 1.165) is 25.2 Å². The van der Waals surface area contributed by atoms with Crippen LogP contribution in [0.25, 0.3) is 0 Å². The number of hydrogen-bond acceptors (Lipinski definition) is 3. The van der Waals surface area contributed by atoms with E-state index in [1.165, 1.54) is 11.3 Å². The number of nitrogens with one attached hydrogen (secondary N) is 2. The van der Waals surface area contributed by atoms with Crippen molar-refractivity contribution in [1.82, 2.24) is 25.3 Å². The molecule has 1 aromatic heterocycles. The summed E-state index contributed by atoms with van der Waals surface area (Å²) in [5.74, 6) is 0.859. The van der Waals surface area contributed by atoms with Gasteiger partial charge in [-0.25, -0.2) is 0 Å². The Hall–Kier alpha value is -2.05. The van der Waals surface area contributed by atoms with Gasteiger partial charge >= 0.3 is 0 Å². The summed E-state index contributed by atoms with van der Waals surface area (Å²) in [6.45, 7) is 4.88. The molecular weight excluding hydrogens is 304 g/mol. The van der Waals surface area contributed by atoms with Crippen LogP contribution in [0.15, 0.2) is 11.2 Å². The van der Waals surface area contributed by atoms with E-state index < -0.39 is 0 Å². The molecule has 0 radical (unpaired) electrons. The average Bonchev–Trinajstić information content (AvgIpc) is 2.97. The monoisotopic (exact) mass is 334 g/mol. The Balaban J connectivity index is 1.85. The minimum Gasteiger partial charge on any atom is -0.356 e. The summed E-state index contributed by atoms with van der Waals surface area (Å²) in [6, 6.07) is 0.717. The summed E-state index contributed by atoms with van der Waals surface area (Å²) in [4.78, 5) is 17.5. The van der Waals surface area contributed by atoms with Crippen molar-refractivity contribution in [2.45, 2.75) is 51.6 Å². The number of nitrogens with zero attached hydrogens (tertiary/aromatic N) is 4. The molecule has 0 spiro atoms. The zero-order valence-corrected chi connectivity index (χ0v) is 15.5. The summed E-state index contributed by atoms with van der Waals surface area (Å²) in [5.41, 5.74) is 2.55. The molecule has 7 heteroatoms. The number of aryl methyl sites for hydroxylation is 1. The van der Waals surface area contributed by atoms with E-state index in [0.29, 0.717) is 25.0 Å². The lowest BCUT2D eigenvalue weighted by molar-refractivity contribution is -0.128. The van der Waals surface area contributed by atoms with Crippen LogP contribution in [0.1, 0.15) is 44.0 Å². The third-order valence-electron chi connectivity index (χ3n) is 4.32. The first-order chi connectivity index (χ1) is 11.4. The number of aromatic nitrogens is 2. The summed E-state index contributed by atoms with van der Waals surface area (Å²) < 4.78 is 2.05. The maximum atomic E-state index is 11.6. The maximum absolute atomic E-state index is 11.6. The molecule has 2 rings (SSSR count). The van der Waals surface area contributed by atoms with Gasteiger partial charge in [0.05, 0.1) is 5.69 Å². The Kier molecular flexibility index (Phi) is 6.23. The Morgan fingerprint density at radius 2 is 2.25 bits per heavy atom. The van der Waals surface area contributed by atoms with Crippen LogP contribution in [0, 0.1) is 0 Å². The molecule has 1 aliphatic carbocycles. The van der Waals surface area contributed by atoms with Crippen molar-refractivity contribution in [3.63, 3.8) is 0 Å².